The molecule has 5 rings (SSSR count). The van der Waals surface area contributed by atoms with Crippen LogP contribution in [0, 0.1) is 5.92 Å². The second kappa shape index (κ2) is 12.0. The van der Waals surface area contributed by atoms with Gasteiger partial charge in [0.2, 0.25) is 5.91 Å². The number of carbonyl (C=O) groups is 2. The average Bonchev–Trinajstić information content (AvgIpc) is 2.96. The first kappa shape index (κ1) is 29.4. The van der Waals surface area contributed by atoms with E-state index in [-0.39, 0.29) is 16.5 Å². The summed E-state index contributed by atoms with van der Waals surface area (Å²) in [6.07, 6.45) is -3.08. The Morgan fingerprint density at radius 1 is 1.05 bits per heavy atom. The van der Waals surface area contributed by atoms with E-state index >= 15 is 0 Å². The summed E-state index contributed by atoms with van der Waals surface area (Å²) in [4.78, 5) is 31.7. The van der Waals surface area contributed by atoms with Crippen molar-refractivity contribution < 1.29 is 32.2 Å². The van der Waals surface area contributed by atoms with Crippen molar-refractivity contribution in [3.05, 3.63) is 99.7 Å². The molecule has 1 N–H and O–H groups in total. The van der Waals surface area contributed by atoms with Gasteiger partial charge in [-0.05, 0) is 61.2 Å². The van der Waals surface area contributed by atoms with Crippen LogP contribution in [-0.4, -0.2) is 24.5 Å². The lowest BCUT2D eigenvalue weighted by Crippen LogP contribution is -2.39. The number of nitrogens with zero attached hydrogens (tertiary/aromatic N) is 1. The molecule has 0 saturated heterocycles. The maximum Gasteiger partial charge on any atom is 0.416 e. The molecular weight excluding hydrogens is 569 g/mol. The lowest BCUT2D eigenvalue weighted by atomic mass is 9.71. The molecule has 3 aromatic rings. The van der Waals surface area contributed by atoms with Crippen LogP contribution in [0.15, 0.2) is 83.0 Å². The summed E-state index contributed by atoms with van der Waals surface area (Å²) in [6, 6.07) is 17.6. The fraction of sp³-hybridized carbons (Fsp3) is 0.281. The van der Waals surface area contributed by atoms with Gasteiger partial charge in [0, 0.05) is 29.3 Å². The number of alkyl halides is 3. The third-order valence-corrected chi connectivity index (χ3v) is 7.78. The summed E-state index contributed by atoms with van der Waals surface area (Å²) in [5.74, 6) is -1.59. The van der Waals surface area contributed by atoms with Crippen LogP contribution in [0.2, 0.25) is 5.02 Å². The molecule has 0 fully saturated rings. The number of halogens is 4. The van der Waals surface area contributed by atoms with E-state index < -0.39 is 29.5 Å². The van der Waals surface area contributed by atoms with Crippen LogP contribution in [0.1, 0.15) is 48.8 Å². The van der Waals surface area contributed by atoms with E-state index in [0.29, 0.717) is 59.9 Å². The molecule has 42 heavy (non-hydrogen) atoms. The molecule has 1 aliphatic carbocycles. The smallest absolute Gasteiger partial charge is 0.416 e. The number of aliphatic imine (C=N–C) groups is 1. The van der Waals surface area contributed by atoms with Gasteiger partial charge in [0.05, 0.1) is 29.3 Å². The predicted octanol–water partition coefficient (Wildman–Crippen LogP) is 7.77. The SMILES string of the molecule is COc1cc(C2C3=C(CCCC3=O)N=C(C)C2C(=O)Nc2cc(C(F)(F)F)ccc2Cl)ccc1OCc1ccccc1. The standard InChI is InChI=1S/C32H28ClF3N2O4/c1-18-28(31(40)38-24-16-21(32(34,35)36)12-13-22(24)33)29(30-23(37-18)9-6-10-25(30)39)20-11-14-26(27(15-20)41-2)42-17-19-7-4-3-5-8-19/h3-5,7-8,11-16,28-29H,6,9-10,17H2,1-2H3,(H,38,40). The molecule has 0 spiro atoms. The fourth-order valence-corrected chi connectivity index (χ4v) is 5.61. The highest BCUT2D eigenvalue weighted by Gasteiger charge is 2.43. The van der Waals surface area contributed by atoms with Crippen LogP contribution in [-0.2, 0) is 22.4 Å². The van der Waals surface area contributed by atoms with Gasteiger partial charge in [-0.25, -0.2) is 0 Å². The highest BCUT2D eigenvalue weighted by Crippen LogP contribution is 2.45. The Kier molecular flexibility index (Phi) is 8.41. The van der Waals surface area contributed by atoms with Gasteiger partial charge >= 0.3 is 6.18 Å². The molecular formula is C32H28ClF3N2O4. The first-order valence-electron chi connectivity index (χ1n) is 13.4. The Morgan fingerprint density at radius 2 is 1.81 bits per heavy atom. The van der Waals surface area contributed by atoms with Crippen LogP contribution >= 0.6 is 11.6 Å². The van der Waals surface area contributed by atoms with Crippen molar-refractivity contribution in [1.29, 1.82) is 0 Å². The van der Waals surface area contributed by atoms with Crippen molar-refractivity contribution in [1.82, 2.24) is 0 Å². The highest BCUT2D eigenvalue weighted by atomic mass is 35.5. The molecule has 218 valence electrons. The second-order valence-electron chi connectivity index (χ2n) is 10.2. The van der Waals surface area contributed by atoms with Crippen molar-refractivity contribution >= 4 is 34.7 Å². The summed E-state index contributed by atoms with van der Waals surface area (Å²) in [6.45, 7) is 1.99. The van der Waals surface area contributed by atoms with Crippen LogP contribution in [0.4, 0.5) is 18.9 Å². The van der Waals surface area contributed by atoms with Gasteiger partial charge in [-0.2, -0.15) is 13.2 Å². The van der Waals surface area contributed by atoms with Gasteiger partial charge in [-0.3, -0.25) is 14.6 Å². The number of amides is 1. The van der Waals surface area contributed by atoms with Crippen LogP contribution in [0.25, 0.3) is 0 Å². The van der Waals surface area contributed by atoms with Crippen molar-refractivity contribution in [2.45, 2.75) is 44.9 Å². The summed E-state index contributed by atoms with van der Waals surface area (Å²) in [5, 5.41) is 2.52. The zero-order valence-electron chi connectivity index (χ0n) is 22.9. The zero-order chi connectivity index (χ0) is 30.0. The molecule has 0 radical (unpaired) electrons. The number of ketones is 1. The molecule has 0 saturated carbocycles. The summed E-state index contributed by atoms with van der Waals surface area (Å²) in [7, 11) is 1.50. The summed E-state index contributed by atoms with van der Waals surface area (Å²) >= 11 is 6.18. The molecule has 0 aromatic heterocycles. The van der Waals surface area contributed by atoms with Crippen molar-refractivity contribution in [2.24, 2.45) is 10.9 Å². The first-order valence-corrected chi connectivity index (χ1v) is 13.8. The first-order chi connectivity index (χ1) is 20.1. The quantitative estimate of drug-likeness (QED) is 0.302. The normalized spacial score (nSPS) is 18.7. The number of ether oxygens (including phenoxy) is 2. The van der Waals surface area contributed by atoms with E-state index in [0.717, 1.165) is 23.8 Å². The average molecular weight is 597 g/mol. The monoisotopic (exact) mass is 596 g/mol. The largest absolute Gasteiger partial charge is 0.493 e. The third-order valence-electron chi connectivity index (χ3n) is 7.45. The van der Waals surface area contributed by atoms with Crippen molar-refractivity contribution in [3.8, 4) is 11.5 Å². The number of hydrogen-bond acceptors (Lipinski definition) is 5. The van der Waals surface area contributed by atoms with Crippen LogP contribution in [0.3, 0.4) is 0 Å². The molecule has 1 heterocycles. The lowest BCUT2D eigenvalue weighted by Gasteiger charge is -2.35. The van der Waals surface area contributed by atoms with Gasteiger partial charge < -0.3 is 14.8 Å². The lowest BCUT2D eigenvalue weighted by molar-refractivity contribution is -0.137. The van der Waals surface area contributed by atoms with E-state index in [4.69, 9.17) is 21.1 Å². The number of hydrogen-bond donors (Lipinski definition) is 1. The van der Waals surface area contributed by atoms with Gasteiger partial charge in [0.25, 0.3) is 0 Å². The summed E-state index contributed by atoms with van der Waals surface area (Å²) < 4.78 is 51.8. The van der Waals surface area contributed by atoms with E-state index in [9.17, 15) is 22.8 Å². The minimum absolute atomic E-state index is 0.0477. The second-order valence-corrected chi connectivity index (χ2v) is 10.6. The maximum absolute atomic E-state index is 13.8. The van der Waals surface area contributed by atoms with Gasteiger partial charge in [0.1, 0.15) is 6.61 Å². The molecule has 6 nitrogen and oxygen atoms in total. The van der Waals surface area contributed by atoms with Gasteiger partial charge in [0.15, 0.2) is 17.3 Å². The number of carbonyl (C=O) groups excluding carboxylic acids is 2. The van der Waals surface area contributed by atoms with Gasteiger partial charge in [-0.1, -0.05) is 48.0 Å². The molecule has 3 aromatic carbocycles. The Morgan fingerprint density at radius 3 is 2.52 bits per heavy atom. The Bertz CT molecular complexity index is 1580. The Hall–Kier alpha value is -4.11. The molecule has 2 atom stereocenters. The van der Waals surface area contributed by atoms with E-state index in [1.165, 1.54) is 7.11 Å². The van der Waals surface area contributed by atoms with Crippen molar-refractivity contribution in [3.63, 3.8) is 0 Å². The minimum atomic E-state index is -4.62. The number of allylic oxidation sites excluding steroid dienone is 2. The summed E-state index contributed by atoms with van der Waals surface area (Å²) in [5.41, 5.74) is 1.95. The minimum Gasteiger partial charge on any atom is -0.493 e. The maximum atomic E-state index is 13.8. The van der Waals surface area contributed by atoms with E-state index in [1.54, 1.807) is 25.1 Å². The molecule has 2 unspecified atom stereocenters. The number of Topliss-reactive ketones (excluding diaryl/α,β-unsaturated/α-hetero) is 1. The molecule has 0 bridgehead atoms. The highest BCUT2D eigenvalue weighted by molar-refractivity contribution is 6.34. The molecule has 1 amide bonds. The molecule has 1 aliphatic heterocycles. The number of rotatable bonds is 7. The number of nitrogens with one attached hydrogen (secondary N) is 1. The Balaban J connectivity index is 1.52. The third kappa shape index (κ3) is 6.06. The molecule has 10 heteroatoms. The van der Waals surface area contributed by atoms with E-state index in [1.807, 2.05) is 30.3 Å². The van der Waals surface area contributed by atoms with Crippen molar-refractivity contribution in [2.75, 3.05) is 12.4 Å². The van der Waals surface area contributed by atoms with E-state index in [2.05, 4.69) is 10.3 Å². The van der Waals surface area contributed by atoms with Crippen LogP contribution < -0.4 is 14.8 Å². The topological polar surface area (TPSA) is 77.0 Å². The number of methoxy groups -OCH3 is 1. The number of anilines is 1. The number of benzene rings is 3. The predicted molar refractivity (Wildman–Crippen MR) is 154 cm³/mol. The van der Waals surface area contributed by atoms with Crippen LogP contribution in [0.5, 0.6) is 11.5 Å². The molecule has 2 aliphatic rings. The fourth-order valence-electron chi connectivity index (χ4n) is 5.45. The zero-order valence-corrected chi connectivity index (χ0v) is 23.7. The Labute approximate surface area is 246 Å². The van der Waals surface area contributed by atoms with Gasteiger partial charge in [-0.15, -0.1) is 0 Å².